The molecule has 0 fully saturated rings. The van der Waals surface area contributed by atoms with E-state index in [0.717, 1.165) is 48.4 Å². The van der Waals surface area contributed by atoms with E-state index in [4.69, 9.17) is 4.99 Å². The predicted molar refractivity (Wildman–Crippen MR) is 91.3 cm³/mol. The lowest BCUT2D eigenvalue weighted by Crippen LogP contribution is -2.11. The number of hydrogen-bond donors (Lipinski definition) is 0. The van der Waals surface area contributed by atoms with E-state index in [-0.39, 0.29) is 0 Å². The Labute approximate surface area is 135 Å². The van der Waals surface area contributed by atoms with Crippen LogP contribution in [0.3, 0.4) is 0 Å². The van der Waals surface area contributed by atoms with Gasteiger partial charge in [0.1, 0.15) is 11.1 Å². The first-order chi connectivity index (χ1) is 10.9. The second-order valence-electron chi connectivity index (χ2n) is 6.07. The van der Waals surface area contributed by atoms with Crippen molar-refractivity contribution in [3.8, 4) is 6.07 Å². The molecule has 2 nitrogen and oxygen atoms in total. The number of benzene rings is 1. The molecule has 0 unspecified atom stereocenters. The maximum Gasteiger partial charge on any atom is 0.134 e. The molecule has 1 aromatic heterocycles. The van der Waals surface area contributed by atoms with Gasteiger partial charge in [-0.25, -0.2) is 4.99 Å². The Morgan fingerprint density at radius 2 is 1.86 bits per heavy atom. The molecule has 1 heterocycles. The molecule has 110 valence electrons. The molecule has 22 heavy (non-hydrogen) atoms. The van der Waals surface area contributed by atoms with Gasteiger partial charge >= 0.3 is 0 Å². The number of fused-ring (bicyclic) bond motifs is 2. The number of nitrogens with zero attached hydrogens (tertiary/aromatic N) is 2. The largest absolute Gasteiger partial charge is 0.241 e. The minimum absolute atomic E-state index is 0.843. The van der Waals surface area contributed by atoms with Crippen molar-refractivity contribution in [2.24, 2.45) is 4.99 Å². The monoisotopic (exact) mass is 306 g/mol. The van der Waals surface area contributed by atoms with Crippen LogP contribution in [0, 0.1) is 11.3 Å². The molecule has 0 saturated carbocycles. The number of nitriles is 1. The first-order valence-corrected chi connectivity index (χ1v) is 8.89. The first kappa shape index (κ1) is 13.7. The molecule has 0 bridgehead atoms. The Bertz CT molecular complexity index is 792. The van der Waals surface area contributed by atoms with Gasteiger partial charge in [-0.2, -0.15) is 5.26 Å². The molecular weight excluding hydrogens is 288 g/mol. The summed E-state index contributed by atoms with van der Waals surface area (Å²) in [4.78, 5) is 6.34. The van der Waals surface area contributed by atoms with E-state index < -0.39 is 0 Å². The van der Waals surface area contributed by atoms with Crippen molar-refractivity contribution in [3.05, 3.63) is 51.4 Å². The van der Waals surface area contributed by atoms with Crippen molar-refractivity contribution in [2.75, 3.05) is 0 Å². The average molecular weight is 306 g/mol. The maximum absolute atomic E-state index is 9.58. The van der Waals surface area contributed by atoms with Crippen molar-refractivity contribution in [1.82, 2.24) is 0 Å². The molecule has 4 rings (SSSR count). The molecule has 2 aliphatic rings. The number of hydrogen-bond acceptors (Lipinski definition) is 3. The van der Waals surface area contributed by atoms with Crippen LogP contribution in [0.1, 0.15) is 52.8 Å². The third-order valence-corrected chi connectivity index (χ3v) is 5.87. The molecule has 2 aliphatic carbocycles. The quantitative estimate of drug-likeness (QED) is 0.734. The van der Waals surface area contributed by atoms with Gasteiger partial charge in [0.2, 0.25) is 0 Å². The topological polar surface area (TPSA) is 36.1 Å². The minimum Gasteiger partial charge on any atom is -0.241 e. The number of aliphatic imine (C=N–C) groups is 1. The predicted octanol–water partition coefficient (Wildman–Crippen LogP) is 4.96. The Hall–Kier alpha value is -1.92. The van der Waals surface area contributed by atoms with Crippen LogP contribution in [0.4, 0.5) is 5.00 Å². The average Bonchev–Trinajstić information content (AvgIpc) is 2.92. The van der Waals surface area contributed by atoms with Crippen molar-refractivity contribution >= 4 is 22.0 Å². The molecule has 0 atom stereocenters. The van der Waals surface area contributed by atoms with Gasteiger partial charge in [-0.3, -0.25) is 0 Å². The molecule has 1 aromatic carbocycles. The zero-order valence-corrected chi connectivity index (χ0v) is 13.4. The van der Waals surface area contributed by atoms with Gasteiger partial charge in [0, 0.05) is 10.6 Å². The molecule has 0 radical (unpaired) electrons. The molecule has 0 spiro atoms. The lowest BCUT2D eigenvalue weighted by molar-refractivity contribution is 0.696. The fourth-order valence-electron chi connectivity index (χ4n) is 3.59. The first-order valence-electron chi connectivity index (χ1n) is 8.07. The summed E-state index contributed by atoms with van der Waals surface area (Å²) in [6.45, 7) is 0. The third-order valence-electron chi connectivity index (χ3n) is 4.69. The molecule has 3 heteroatoms. The highest BCUT2D eigenvalue weighted by atomic mass is 32.1. The van der Waals surface area contributed by atoms with Crippen LogP contribution in [0.5, 0.6) is 0 Å². The molecule has 2 aromatic rings. The van der Waals surface area contributed by atoms with Crippen LogP contribution in [0.2, 0.25) is 0 Å². The summed E-state index contributed by atoms with van der Waals surface area (Å²) >= 11 is 1.74. The van der Waals surface area contributed by atoms with Crippen LogP contribution in [0.25, 0.3) is 0 Å². The summed E-state index contributed by atoms with van der Waals surface area (Å²) in [6, 6.07) is 11.0. The van der Waals surface area contributed by atoms with Crippen LogP contribution >= 0.6 is 11.3 Å². The number of thiophene rings is 1. The lowest BCUT2D eigenvalue weighted by Gasteiger charge is -2.17. The van der Waals surface area contributed by atoms with Crippen LogP contribution in [-0.2, 0) is 19.3 Å². The fourth-order valence-corrected chi connectivity index (χ4v) is 4.82. The minimum atomic E-state index is 0.843. The van der Waals surface area contributed by atoms with Gasteiger partial charge in [-0.1, -0.05) is 24.3 Å². The second-order valence-corrected chi connectivity index (χ2v) is 7.16. The Morgan fingerprint density at radius 3 is 2.77 bits per heavy atom. The van der Waals surface area contributed by atoms with Crippen molar-refractivity contribution < 1.29 is 0 Å². The molecule has 0 saturated heterocycles. The molecule has 0 aliphatic heterocycles. The normalized spacial score (nSPS) is 18.6. The molecular formula is C19H18N2S. The van der Waals surface area contributed by atoms with E-state index in [1.165, 1.54) is 34.4 Å². The van der Waals surface area contributed by atoms with Crippen molar-refractivity contribution in [3.63, 3.8) is 0 Å². The maximum atomic E-state index is 9.58. The second kappa shape index (κ2) is 5.70. The van der Waals surface area contributed by atoms with E-state index in [1.807, 2.05) is 0 Å². The van der Waals surface area contributed by atoms with Crippen LogP contribution in [-0.4, -0.2) is 5.71 Å². The van der Waals surface area contributed by atoms with Crippen molar-refractivity contribution in [1.29, 1.82) is 5.26 Å². The van der Waals surface area contributed by atoms with Crippen molar-refractivity contribution in [2.45, 2.75) is 44.9 Å². The van der Waals surface area contributed by atoms with Gasteiger partial charge in [-0.05, 0) is 61.6 Å². The zero-order valence-electron chi connectivity index (χ0n) is 12.6. The van der Waals surface area contributed by atoms with Gasteiger partial charge in [-0.15, -0.1) is 11.3 Å². The summed E-state index contributed by atoms with van der Waals surface area (Å²) in [7, 11) is 0. The highest BCUT2D eigenvalue weighted by Crippen LogP contribution is 2.40. The summed E-state index contributed by atoms with van der Waals surface area (Å²) in [5.74, 6) is 0. The highest BCUT2D eigenvalue weighted by Gasteiger charge is 2.22. The van der Waals surface area contributed by atoms with E-state index >= 15 is 0 Å². The van der Waals surface area contributed by atoms with Gasteiger partial charge < -0.3 is 0 Å². The Kier molecular flexibility index (Phi) is 3.56. The lowest BCUT2D eigenvalue weighted by atomic mass is 9.90. The van der Waals surface area contributed by atoms with E-state index in [0.29, 0.717) is 0 Å². The smallest absolute Gasteiger partial charge is 0.134 e. The number of aryl methyl sites for hydroxylation is 2. The standard InChI is InChI=1S/C19H18N2S/c20-12-16-15-9-3-4-11-18(15)22-19(16)21-17-10-5-7-13-6-1-2-8-14(13)17/h1-2,6,8H,3-5,7,9-11H2/b21-17+. The summed E-state index contributed by atoms with van der Waals surface area (Å²) in [5, 5.41) is 10.5. The summed E-state index contributed by atoms with van der Waals surface area (Å²) < 4.78 is 0. The van der Waals surface area contributed by atoms with Crippen LogP contribution < -0.4 is 0 Å². The highest BCUT2D eigenvalue weighted by molar-refractivity contribution is 7.16. The van der Waals surface area contributed by atoms with E-state index in [9.17, 15) is 5.26 Å². The van der Waals surface area contributed by atoms with Gasteiger partial charge in [0.25, 0.3) is 0 Å². The van der Waals surface area contributed by atoms with Gasteiger partial charge in [0.15, 0.2) is 0 Å². The zero-order chi connectivity index (χ0) is 14.9. The number of rotatable bonds is 1. The third kappa shape index (κ3) is 2.28. The Balaban J connectivity index is 1.81. The van der Waals surface area contributed by atoms with E-state index in [1.54, 1.807) is 11.3 Å². The SMILES string of the molecule is N#Cc1c(/N=C2\CCCc3ccccc32)sc2c1CCCC2. The fraction of sp³-hybridized carbons (Fsp3) is 0.368. The van der Waals surface area contributed by atoms with E-state index in [2.05, 4.69) is 30.3 Å². The molecule has 0 N–H and O–H groups in total. The molecule has 0 amide bonds. The van der Waals surface area contributed by atoms with Crippen LogP contribution in [0.15, 0.2) is 29.3 Å². The van der Waals surface area contributed by atoms with Gasteiger partial charge in [0.05, 0.1) is 5.56 Å². The summed E-state index contributed by atoms with van der Waals surface area (Å²) in [5.41, 5.74) is 5.96. The Morgan fingerprint density at radius 1 is 1.00 bits per heavy atom. The summed E-state index contributed by atoms with van der Waals surface area (Å²) in [6.07, 6.45) is 7.94.